The summed E-state index contributed by atoms with van der Waals surface area (Å²) in [5.74, 6) is 0.275. The molecule has 1 saturated heterocycles. The molecule has 290 valence electrons. The van der Waals surface area contributed by atoms with Crippen LogP contribution in [0.1, 0.15) is 81.7 Å². The fourth-order valence-electron chi connectivity index (χ4n) is 5.48. The van der Waals surface area contributed by atoms with Crippen molar-refractivity contribution in [2.75, 3.05) is 26.9 Å². The van der Waals surface area contributed by atoms with Gasteiger partial charge in [-0.1, -0.05) is 87.4 Å². The Morgan fingerprint density at radius 2 is 1.30 bits per heavy atom. The van der Waals surface area contributed by atoms with Gasteiger partial charge >= 0.3 is 0 Å². The highest BCUT2D eigenvalue weighted by Gasteiger charge is 2.64. The molecule has 0 spiro atoms. The standard InChI is InChI=1S/C40H76O7Si3/c1-20-31(27-44-48(14,15)37(3,4)5)34(41)33(28-45-49(16,17)38(6,7)8)36(47-50(18,19)39(9,10)11)40(12)35(46-40)29(2)25-43-26-30-21-23-32(42-13)24-22-30/h20-24,29,31,33-36,41H,1,25-28H2,2-19H3/t29-,31+,33-,34-,35+,36-,40-/m0/s1. The lowest BCUT2D eigenvalue weighted by atomic mass is 9.80. The van der Waals surface area contributed by atoms with Crippen molar-refractivity contribution in [3.05, 3.63) is 42.5 Å². The van der Waals surface area contributed by atoms with Crippen LogP contribution in [0, 0.1) is 17.8 Å². The molecule has 7 nitrogen and oxygen atoms in total. The molecule has 0 amide bonds. The summed E-state index contributed by atoms with van der Waals surface area (Å²) < 4.78 is 39.3. The fraction of sp³-hybridized carbons (Fsp3) is 0.800. The van der Waals surface area contributed by atoms with E-state index in [1.54, 1.807) is 7.11 Å². The lowest BCUT2D eigenvalue weighted by Gasteiger charge is -2.46. The molecule has 0 unspecified atom stereocenters. The molecule has 10 heteroatoms. The highest BCUT2D eigenvalue weighted by molar-refractivity contribution is 6.75. The van der Waals surface area contributed by atoms with Gasteiger partial charge in [-0.15, -0.1) is 6.58 Å². The molecule has 0 radical (unpaired) electrons. The third kappa shape index (κ3) is 11.3. The van der Waals surface area contributed by atoms with Gasteiger partial charge in [0.05, 0.1) is 38.6 Å². The number of methoxy groups -OCH3 is 1. The van der Waals surface area contributed by atoms with E-state index in [2.05, 4.69) is 122 Å². The number of rotatable bonds is 19. The monoisotopic (exact) mass is 752 g/mol. The van der Waals surface area contributed by atoms with Crippen molar-refractivity contribution in [1.29, 1.82) is 0 Å². The van der Waals surface area contributed by atoms with Crippen LogP contribution in [-0.4, -0.2) is 80.9 Å². The number of benzene rings is 1. The van der Waals surface area contributed by atoms with Crippen LogP contribution >= 0.6 is 0 Å². The maximum Gasteiger partial charge on any atom is 0.192 e. The second-order valence-corrected chi connectivity index (χ2v) is 33.9. The zero-order valence-corrected chi connectivity index (χ0v) is 38.3. The van der Waals surface area contributed by atoms with E-state index in [-0.39, 0.29) is 39.0 Å². The van der Waals surface area contributed by atoms with Gasteiger partial charge in [0.15, 0.2) is 25.0 Å². The topological polar surface area (TPSA) is 78.9 Å². The molecule has 1 fully saturated rings. The number of epoxide rings is 1. The molecule has 1 aromatic carbocycles. The lowest BCUT2D eigenvalue weighted by Crippen LogP contribution is -2.56. The van der Waals surface area contributed by atoms with E-state index in [0.29, 0.717) is 26.4 Å². The minimum atomic E-state index is -2.35. The van der Waals surface area contributed by atoms with E-state index in [9.17, 15) is 5.11 Å². The predicted molar refractivity (Wildman–Crippen MR) is 217 cm³/mol. The molecule has 0 bridgehead atoms. The number of ether oxygens (including phenoxy) is 3. The lowest BCUT2D eigenvalue weighted by molar-refractivity contribution is -0.0590. The molecule has 7 atom stereocenters. The van der Waals surface area contributed by atoms with E-state index >= 15 is 0 Å². The Morgan fingerprint density at radius 3 is 1.74 bits per heavy atom. The number of hydrogen-bond acceptors (Lipinski definition) is 7. The Kier molecular flexibility index (Phi) is 15.1. The summed E-state index contributed by atoms with van der Waals surface area (Å²) in [6.07, 6.45) is 0.554. The average Bonchev–Trinajstić information content (AvgIpc) is 3.67. The molecule has 0 saturated carbocycles. The summed E-state index contributed by atoms with van der Waals surface area (Å²) in [5, 5.41) is 12.5. The van der Waals surface area contributed by atoms with Crippen LogP contribution in [0.15, 0.2) is 36.9 Å². The summed E-state index contributed by atoms with van der Waals surface area (Å²) in [6, 6.07) is 7.97. The van der Waals surface area contributed by atoms with E-state index in [1.807, 2.05) is 30.3 Å². The molecule has 1 N–H and O–H groups in total. The fourth-order valence-corrected chi connectivity index (χ4v) is 8.96. The maximum absolute atomic E-state index is 12.5. The Hall–Kier alpha value is -0.829. The number of aliphatic hydroxyl groups is 1. The SMILES string of the molecule is C=C[C@H](CO[Si](C)(C)C(C)(C)C)[C@H](O)[C@H](CO[Si](C)(C)C(C)(C)C)[C@H](O[Si](C)(C)C(C)(C)C)[C@@]1(C)O[C@@H]1[C@@H](C)COCc1ccc(OC)cc1. The summed E-state index contributed by atoms with van der Waals surface area (Å²) in [7, 11) is -4.93. The van der Waals surface area contributed by atoms with Gasteiger partial charge in [-0.3, -0.25) is 0 Å². The summed E-state index contributed by atoms with van der Waals surface area (Å²) in [5.41, 5.74) is 0.463. The van der Waals surface area contributed by atoms with Gasteiger partial charge in [0, 0.05) is 31.0 Å². The second kappa shape index (κ2) is 16.7. The summed E-state index contributed by atoms with van der Waals surface area (Å²) >= 11 is 0. The largest absolute Gasteiger partial charge is 0.497 e. The quantitative estimate of drug-likeness (QED) is 0.0856. The Balaban J connectivity index is 2.49. The molecule has 1 heterocycles. The predicted octanol–water partition coefficient (Wildman–Crippen LogP) is 10.2. The van der Waals surface area contributed by atoms with E-state index < -0.39 is 42.8 Å². The van der Waals surface area contributed by atoms with Crippen LogP contribution < -0.4 is 4.74 Å². The van der Waals surface area contributed by atoms with Crippen molar-refractivity contribution in [3.8, 4) is 5.75 Å². The first kappa shape index (κ1) is 45.3. The van der Waals surface area contributed by atoms with Gasteiger partial charge in [0.1, 0.15) is 11.4 Å². The molecule has 50 heavy (non-hydrogen) atoms. The molecule has 1 aromatic rings. The van der Waals surface area contributed by atoms with Crippen molar-refractivity contribution < 1.29 is 32.6 Å². The zero-order chi connectivity index (χ0) is 38.7. The minimum absolute atomic E-state index is 0.0137. The minimum Gasteiger partial charge on any atom is -0.497 e. The van der Waals surface area contributed by atoms with E-state index in [1.165, 1.54) is 0 Å². The van der Waals surface area contributed by atoms with Gasteiger partial charge in [-0.25, -0.2) is 0 Å². The maximum atomic E-state index is 12.5. The molecular weight excluding hydrogens is 677 g/mol. The first-order valence-corrected chi connectivity index (χ1v) is 27.4. The zero-order valence-electron chi connectivity index (χ0n) is 35.3. The van der Waals surface area contributed by atoms with Crippen LogP contribution in [0.2, 0.25) is 54.4 Å². The highest BCUT2D eigenvalue weighted by atomic mass is 28.4. The first-order chi connectivity index (χ1) is 22.5. The van der Waals surface area contributed by atoms with Gasteiger partial charge in [0.2, 0.25) is 0 Å². The van der Waals surface area contributed by atoms with Crippen LogP contribution in [-0.2, 0) is 29.4 Å². The highest BCUT2D eigenvalue weighted by Crippen LogP contribution is 2.51. The first-order valence-electron chi connectivity index (χ1n) is 18.7. The third-order valence-electron chi connectivity index (χ3n) is 12.5. The molecule has 0 aliphatic carbocycles. The van der Waals surface area contributed by atoms with Gasteiger partial charge in [-0.05, 0) is 79.0 Å². The average molecular weight is 753 g/mol. The smallest absolute Gasteiger partial charge is 0.192 e. The van der Waals surface area contributed by atoms with Gasteiger partial charge in [-0.2, -0.15) is 0 Å². The molecular formula is C40H76O7Si3. The third-order valence-corrected chi connectivity index (χ3v) is 25.9. The van der Waals surface area contributed by atoms with Crippen molar-refractivity contribution in [2.24, 2.45) is 17.8 Å². The number of aliphatic hydroxyl groups excluding tert-OH is 1. The molecule has 1 aliphatic heterocycles. The molecule has 1 aliphatic rings. The summed E-state index contributed by atoms with van der Waals surface area (Å²) in [4.78, 5) is 0. The van der Waals surface area contributed by atoms with Crippen LogP contribution in [0.5, 0.6) is 5.75 Å². The van der Waals surface area contributed by atoms with Crippen molar-refractivity contribution in [1.82, 2.24) is 0 Å². The van der Waals surface area contributed by atoms with Crippen molar-refractivity contribution >= 4 is 25.0 Å². The Bertz CT molecular complexity index is 1210. The van der Waals surface area contributed by atoms with Crippen molar-refractivity contribution in [3.63, 3.8) is 0 Å². The van der Waals surface area contributed by atoms with E-state index in [0.717, 1.165) is 11.3 Å². The Labute approximate surface area is 310 Å². The molecule has 2 rings (SSSR count). The summed E-state index contributed by atoms with van der Waals surface area (Å²) in [6.45, 7) is 44.2. The van der Waals surface area contributed by atoms with Crippen LogP contribution in [0.25, 0.3) is 0 Å². The second-order valence-electron chi connectivity index (χ2n) is 19.6. The van der Waals surface area contributed by atoms with E-state index in [4.69, 9.17) is 27.5 Å². The van der Waals surface area contributed by atoms with Gasteiger partial charge < -0.3 is 32.6 Å². The molecule has 0 aromatic heterocycles. The van der Waals surface area contributed by atoms with Crippen LogP contribution in [0.3, 0.4) is 0 Å². The normalized spacial score (nSPS) is 22.4. The number of hydrogen-bond donors (Lipinski definition) is 1. The van der Waals surface area contributed by atoms with Crippen molar-refractivity contribution in [2.45, 2.75) is 161 Å². The van der Waals surface area contributed by atoms with Gasteiger partial charge in [0.25, 0.3) is 0 Å². The van der Waals surface area contributed by atoms with Crippen LogP contribution in [0.4, 0.5) is 0 Å². The Morgan fingerprint density at radius 1 is 0.820 bits per heavy atom.